The van der Waals surface area contributed by atoms with Gasteiger partial charge in [-0.3, -0.25) is 4.90 Å². The number of rotatable bonds is 4. The predicted octanol–water partition coefficient (Wildman–Crippen LogP) is 3.35. The van der Waals surface area contributed by atoms with Gasteiger partial charge in [0.1, 0.15) is 11.6 Å². The lowest BCUT2D eigenvalue weighted by Gasteiger charge is -2.30. The summed E-state index contributed by atoms with van der Waals surface area (Å²) in [6.45, 7) is 4.65. The fourth-order valence-electron chi connectivity index (χ4n) is 4.03. The van der Waals surface area contributed by atoms with Crippen LogP contribution in [0.2, 0.25) is 0 Å². The van der Waals surface area contributed by atoms with Crippen LogP contribution in [0.25, 0.3) is 11.3 Å². The van der Waals surface area contributed by atoms with Crippen LogP contribution >= 0.6 is 0 Å². The molecule has 1 aromatic carbocycles. The van der Waals surface area contributed by atoms with E-state index in [2.05, 4.69) is 20.2 Å². The van der Waals surface area contributed by atoms with Crippen molar-refractivity contribution in [2.75, 3.05) is 26.2 Å². The Hall–Kier alpha value is -1.72. The van der Waals surface area contributed by atoms with Gasteiger partial charge in [0.15, 0.2) is 0 Å². The molecule has 1 unspecified atom stereocenters. The topological polar surface area (TPSA) is 44.0 Å². The van der Waals surface area contributed by atoms with E-state index in [0.717, 1.165) is 36.1 Å². The first kappa shape index (κ1) is 15.8. The molecule has 2 aliphatic rings. The maximum Gasteiger partial charge on any atom is 0.123 e. The molecule has 0 spiro atoms. The molecule has 4 nitrogen and oxygen atoms in total. The molecule has 1 aromatic heterocycles. The number of halogens is 1. The highest BCUT2D eigenvalue weighted by molar-refractivity contribution is 5.58. The Morgan fingerprint density at radius 3 is 2.71 bits per heavy atom. The van der Waals surface area contributed by atoms with Crippen LogP contribution in [0.15, 0.2) is 30.5 Å². The van der Waals surface area contributed by atoms with Crippen molar-refractivity contribution in [3.63, 3.8) is 0 Å². The van der Waals surface area contributed by atoms with E-state index >= 15 is 0 Å². The monoisotopic (exact) mass is 328 g/mol. The van der Waals surface area contributed by atoms with Crippen LogP contribution in [0.5, 0.6) is 0 Å². The molecule has 2 aliphatic heterocycles. The lowest BCUT2D eigenvalue weighted by atomic mass is 9.97. The summed E-state index contributed by atoms with van der Waals surface area (Å²) in [5.41, 5.74) is 1.96. The van der Waals surface area contributed by atoms with Gasteiger partial charge >= 0.3 is 0 Å². The van der Waals surface area contributed by atoms with Crippen molar-refractivity contribution in [2.45, 2.75) is 31.7 Å². The number of likely N-dealkylation sites (tertiary alicyclic amines) is 1. The maximum absolute atomic E-state index is 13.1. The Morgan fingerprint density at radius 1 is 1.12 bits per heavy atom. The molecule has 2 saturated heterocycles. The smallest absolute Gasteiger partial charge is 0.123 e. The van der Waals surface area contributed by atoms with Crippen molar-refractivity contribution in [1.29, 1.82) is 0 Å². The number of benzene rings is 1. The van der Waals surface area contributed by atoms with E-state index in [-0.39, 0.29) is 5.82 Å². The Balaban J connectivity index is 1.47. The lowest BCUT2D eigenvalue weighted by molar-refractivity contribution is 0.188. The molecule has 2 aromatic rings. The summed E-state index contributed by atoms with van der Waals surface area (Å²) in [4.78, 5) is 10.7. The molecule has 0 radical (unpaired) electrons. The fraction of sp³-hybridized carbons (Fsp3) is 0.526. The van der Waals surface area contributed by atoms with Crippen LogP contribution in [-0.2, 0) is 0 Å². The van der Waals surface area contributed by atoms with Gasteiger partial charge in [-0.15, -0.1) is 0 Å². The van der Waals surface area contributed by atoms with Gasteiger partial charge in [0, 0.05) is 6.54 Å². The Morgan fingerprint density at radius 2 is 1.92 bits per heavy atom. The third-order valence-corrected chi connectivity index (χ3v) is 5.38. The van der Waals surface area contributed by atoms with Crippen molar-refractivity contribution < 1.29 is 4.39 Å². The van der Waals surface area contributed by atoms with Crippen molar-refractivity contribution in [2.24, 2.45) is 5.92 Å². The zero-order valence-electron chi connectivity index (χ0n) is 14.0. The zero-order valence-corrected chi connectivity index (χ0v) is 14.0. The Labute approximate surface area is 142 Å². The highest BCUT2D eigenvalue weighted by Crippen LogP contribution is 2.33. The van der Waals surface area contributed by atoms with Crippen LogP contribution < -0.4 is 5.32 Å². The van der Waals surface area contributed by atoms with Crippen LogP contribution in [0.4, 0.5) is 4.39 Å². The second-order valence-corrected chi connectivity index (χ2v) is 7.04. The van der Waals surface area contributed by atoms with E-state index < -0.39 is 0 Å². The quantitative estimate of drug-likeness (QED) is 0.904. The van der Waals surface area contributed by atoms with E-state index in [4.69, 9.17) is 0 Å². The lowest BCUT2D eigenvalue weighted by Crippen LogP contribution is -2.36. The van der Waals surface area contributed by atoms with Gasteiger partial charge in [-0.25, -0.2) is 9.37 Å². The minimum atomic E-state index is -0.206. The summed E-state index contributed by atoms with van der Waals surface area (Å²) in [5, 5.41) is 3.44. The number of hydrogen-bond donors (Lipinski definition) is 2. The summed E-state index contributed by atoms with van der Waals surface area (Å²) in [5.74, 6) is 1.65. The Kier molecular flexibility index (Phi) is 4.63. The van der Waals surface area contributed by atoms with Gasteiger partial charge < -0.3 is 10.3 Å². The van der Waals surface area contributed by atoms with Gasteiger partial charge in [-0.2, -0.15) is 0 Å². The van der Waals surface area contributed by atoms with E-state index in [1.54, 1.807) is 12.1 Å². The summed E-state index contributed by atoms with van der Waals surface area (Å²) in [6.07, 6.45) is 6.84. The van der Waals surface area contributed by atoms with Gasteiger partial charge in [-0.05, 0) is 81.1 Å². The number of nitrogens with one attached hydrogen (secondary N) is 2. The number of piperidine rings is 1. The normalized spacial score (nSPS) is 23.0. The van der Waals surface area contributed by atoms with Crippen LogP contribution in [-0.4, -0.2) is 41.0 Å². The molecule has 128 valence electrons. The average molecular weight is 328 g/mol. The summed E-state index contributed by atoms with van der Waals surface area (Å²) >= 11 is 0. The molecule has 5 heteroatoms. The molecule has 4 rings (SSSR count). The fourth-order valence-corrected chi connectivity index (χ4v) is 4.03. The predicted molar refractivity (Wildman–Crippen MR) is 93.1 cm³/mol. The molecular formula is C19H25FN4. The molecule has 0 bridgehead atoms. The number of aromatic amines is 1. The standard InChI is InChI=1S/C19H25FN4/c20-16-5-3-15(4-6-16)17-12-22-19(23-17)18-2-1-11-24(18)13-14-7-9-21-10-8-14/h3-6,12,14,18,21H,1-2,7-11,13H2,(H,22,23). The van der Waals surface area contributed by atoms with Gasteiger partial charge in [0.05, 0.1) is 17.9 Å². The van der Waals surface area contributed by atoms with Crippen molar-refractivity contribution >= 4 is 0 Å². The molecule has 24 heavy (non-hydrogen) atoms. The molecule has 0 aliphatic carbocycles. The van der Waals surface area contributed by atoms with Gasteiger partial charge in [-0.1, -0.05) is 0 Å². The van der Waals surface area contributed by atoms with Crippen LogP contribution in [0.1, 0.15) is 37.5 Å². The second kappa shape index (κ2) is 7.03. The van der Waals surface area contributed by atoms with Crippen LogP contribution in [0, 0.1) is 11.7 Å². The van der Waals surface area contributed by atoms with E-state index in [1.165, 1.54) is 50.9 Å². The van der Waals surface area contributed by atoms with E-state index in [9.17, 15) is 4.39 Å². The maximum atomic E-state index is 13.1. The van der Waals surface area contributed by atoms with Crippen LogP contribution in [0.3, 0.4) is 0 Å². The minimum Gasteiger partial charge on any atom is -0.341 e. The molecule has 0 amide bonds. The third-order valence-electron chi connectivity index (χ3n) is 5.38. The largest absolute Gasteiger partial charge is 0.341 e. The van der Waals surface area contributed by atoms with Crippen molar-refractivity contribution in [3.05, 3.63) is 42.1 Å². The first-order valence-electron chi connectivity index (χ1n) is 9.05. The molecule has 0 saturated carbocycles. The molecule has 1 atom stereocenters. The van der Waals surface area contributed by atoms with Gasteiger partial charge in [0.2, 0.25) is 0 Å². The zero-order chi connectivity index (χ0) is 16.4. The van der Waals surface area contributed by atoms with Crippen molar-refractivity contribution in [3.8, 4) is 11.3 Å². The summed E-state index contributed by atoms with van der Waals surface area (Å²) < 4.78 is 13.1. The first-order chi connectivity index (χ1) is 11.8. The molecule has 2 N–H and O–H groups in total. The summed E-state index contributed by atoms with van der Waals surface area (Å²) in [7, 11) is 0. The SMILES string of the molecule is Fc1ccc(-c2cnc(C3CCCN3CC3CCNCC3)[nH]2)cc1. The molecule has 2 fully saturated rings. The van der Waals surface area contributed by atoms with Crippen molar-refractivity contribution in [1.82, 2.24) is 20.2 Å². The number of hydrogen-bond acceptors (Lipinski definition) is 3. The molecular weight excluding hydrogens is 303 g/mol. The number of aromatic nitrogens is 2. The highest BCUT2D eigenvalue weighted by atomic mass is 19.1. The number of nitrogens with zero attached hydrogens (tertiary/aromatic N) is 2. The third kappa shape index (κ3) is 3.37. The van der Waals surface area contributed by atoms with E-state index in [1.807, 2.05) is 6.20 Å². The first-order valence-corrected chi connectivity index (χ1v) is 9.05. The summed E-state index contributed by atoms with van der Waals surface area (Å²) in [6, 6.07) is 6.99. The second-order valence-electron chi connectivity index (χ2n) is 7.04. The number of imidazole rings is 1. The average Bonchev–Trinajstić information content (AvgIpc) is 3.25. The highest BCUT2D eigenvalue weighted by Gasteiger charge is 2.30. The number of H-pyrrole nitrogens is 1. The van der Waals surface area contributed by atoms with Gasteiger partial charge in [0.25, 0.3) is 0 Å². The van der Waals surface area contributed by atoms with E-state index in [0.29, 0.717) is 6.04 Å². The Bertz CT molecular complexity index is 660. The molecule has 3 heterocycles. The minimum absolute atomic E-state index is 0.206.